The van der Waals surface area contributed by atoms with Crippen LogP contribution in [0.25, 0.3) is 11.2 Å². The third-order valence-electron chi connectivity index (χ3n) is 7.46. The summed E-state index contributed by atoms with van der Waals surface area (Å²) in [6.45, 7) is 1.90. The van der Waals surface area contributed by atoms with Gasteiger partial charge in [-0.1, -0.05) is 54.2 Å². The lowest BCUT2D eigenvalue weighted by atomic mass is 10.1. The van der Waals surface area contributed by atoms with Crippen LogP contribution in [0.5, 0.6) is 11.5 Å². The lowest BCUT2D eigenvalue weighted by Gasteiger charge is -2.17. The molecule has 2 fully saturated rings. The zero-order valence-electron chi connectivity index (χ0n) is 21.6. The van der Waals surface area contributed by atoms with Gasteiger partial charge in [0.15, 0.2) is 22.1 Å². The van der Waals surface area contributed by atoms with Crippen molar-refractivity contribution in [1.29, 1.82) is 0 Å². The summed E-state index contributed by atoms with van der Waals surface area (Å²) in [4.78, 5) is 9.48. The molecule has 0 saturated heterocycles. The normalized spacial score (nSPS) is 26.2. The second-order valence-corrected chi connectivity index (χ2v) is 11.3. The first-order valence-corrected chi connectivity index (χ1v) is 14.4. The van der Waals surface area contributed by atoms with Crippen LogP contribution in [-0.4, -0.2) is 70.9 Å². The Morgan fingerprint density at radius 3 is 2.49 bits per heavy atom. The first kappa shape index (κ1) is 26.0. The van der Waals surface area contributed by atoms with Crippen LogP contribution in [0, 0.1) is 5.92 Å². The van der Waals surface area contributed by atoms with Crippen molar-refractivity contribution >= 4 is 28.7 Å². The van der Waals surface area contributed by atoms with Crippen molar-refractivity contribution in [2.24, 2.45) is 5.92 Å². The van der Waals surface area contributed by atoms with Crippen molar-refractivity contribution in [1.82, 2.24) is 25.0 Å². The molecule has 0 aliphatic heterocycles. The number of ether oxygens (including phenoxy) is 1. The van der Waals surface area contributed by atoms with Crippen LogP contribution in [-0.2, 0) is 0 Å². The Hall–Kier alpha value is -3.25. The van der Waals surface area contributed by atoms with Gasteiger partial charge < -0.3 is 25.4 Å². The molecule has 0 radical (unpaired) electrons. The summed E-state index contributed by atoms with van der Waals surface area (Å²) in [7, 11) is 0. The van der Waals surface area contributed by atoms with Crippen molar-refractivity contribution in [2.45, 2.75) is 61.6 Å². The van der Waals surface area contributed by atoms with E-state index in [9.17, 15) is 15.3 Å². The van der Waals surface area contributed by atoms with E-state index < -0.39 is 24.2 Å². The number of hydrogen-bond acceptors (Lipinski definition) is 10. The van der Waals surface area contributed by atoms with Crippen molar-refractivity contribution in [3.63, 3.8) is 0 Å². The van der Waals surface area contributed by atoms with Gasteiger partial charge in [0.1, 0.15) is 17.6 Å². The minimum Gasteiger partial charge on any atom is -0.457 e. The summed E-state index contributed by atoms with van der Waals surface area (Å²) in [5.41, 5.74) is 2.27. The van der Waals surface area contributed by atoms with E-state index in [4.69, 9.17) is 14.7 Å². The van der Waals surface area contributed by atoms with E-state index in [1.165, 1.54) is 5.56 Å². The van der Waals surface area contributed by atoms with E-state index >= 15 is 0 Å². The minimum atomic E-state index is -1.06. The molecule has 39 heavy (non-hydrogen) atoms. The molecule has 2 aromatic heterocycles. The molecule has 2 aromatic carbocycles. The number of anilines is 1. The van der Waals surface area contributed by atoms with Gasteiger partial charge in [-0.15, -0.1) is 5.10 Å². The average molecular weight is 549 g/mol. The average Bonchev–Trinajstić information content (AvgIpc) is 3.50. The summed E-state index contributed by atoms with van der Waals surface area (Å²) >= 11 is 1.56. The van der Waals surface area contributed by atoms with Crippen molar-refractivity contribution in [3.05, 3.63) is 60.2 Å². The molecule has 2 unspecified atom stereocenters. The third kappa shape index (κ3) is 5.31. The van der Waals surface area contributed by atoms with Gasteiger partial charge >= 0.3 is 0 Å². The van der Waals surface area contributed by atoms with Gasteiger partial charge in [-0.25, -0.2) is 14.6 Å². The Morgan fingerprint density at radius 2 is 1.77 bits per heavy atom. The van der Waals surface area contributed by atoms with Crippen LogP contribution in [0.1, 0.15) is 43.7 Å². The molecule has 2 aliphatic rings. The van der Waals surface area contributed by atoms with E-state index in [2.05, 4.69) is 34.7 Å². The molecular weight excluding hydrogens is 516 g/mol. The van der Waals surface area contributed by atoms with Gasteiger partial charge in [0.2, 0.25) is 0 Å². The van der Waals surface area contributed by atoms with Crippen molar-refractivity contribution in [2.75, 3.05) is 17.7 Å². The number of benzene rings is 2. The van der Waals surface area contributed by atoms with E-state index in [0.29, 0.717) is 34.5 Å². The molecule has 204 valence electrons. The number of aliphatic hydroxyl groups excluding tert-OH is 3. The van der Waals surface area contributed by atoms with Gasteiger partial charge in [0.25, 0.3) is 0 Å². The smallest absolute Gasteiger partial charge is 0.191 e. The summed E-state index contributed by atoms with van der Waals surface area (Å²) in [6, 6.07) is 17.6. The lowest BCUT2D eigenvalue weighted by Crippen LogP contribution is -2.30. The lowest BCUT2D eigenvalue weighted by molar-refractivity contribution is -0.00512. The Labute approximate surface area is 230 Å². The topological polar surface area (TPSA) is 138 Å². The molecule has 2 saturated carbocycles. The number of thioether (sulfide) groups is 1. The van der Waals surface area contributed by atoms with Gasteiger partial charge in [-0.05, 0) is 49.1 Å². The maximum atomic E-state index is 10.7. The maximum Gasteiger partial charge on any atom is 0.191 e. The van der Waals surface area contributed by atoms with E-state index in [1.807, 2.05) is 42.5 Å². The van der Waals surface area contributed by atoms with E-state index in [0.717, 1.165) is 30.1 Å². The predicted molar refractivity (Wildman–Crippen MR) is 148 cm³/mol. The monoisotopic (exact) mass is 548 g/mol. The Morgan fingerprint density at radius 1 is 1.00 bits per heavy atom. The molecule has 6 rings (SSSR count). The number of aliphatic hydroxyl groups is 3. The fourth-order valence-corrected chi connectivity index (χ4v) is 5.91. The van der Waals surface area contributed by atoms with Crippen LogP contribution in [0.15, 0.2) is 59.8 Å². The number of para-hydroxylation sites is 1. The highest BCUT2D eigenvalue weighted by Crippen LogP contribution is 2.44. The standard InChI is InChI=1S/C28H32N6O4S/c1-2-12-39-28-30-26(23-27(31-28)34(33-32-23)22-13-17(15-35)24(36)25(22)37)29-21-14-20(21)16-8-10-19(11-9-16)38-18-6-4-3-5-7-18/h3-11,17,20-22,24-25,35-37H,2,12-15H2,1H3,(H,29,30,31)/t17-,20?,21?,22-,24-,25+/m1/s1. The molecular formula is C28H32N6O4S. The maximum absolute atomic E-state index is 10.7. The second kappa shape index (κ2) is 11.1. The molecule has 0 bridgehead atoms. The third-order valence-corrected chi connectivity index (χ3v) is 8.51. The predicted octanol–water partition coefficient (Wildman–Crippen LogP) is 3.76. The molecule has 0 amide bonds. The quantitative estimate of drug-likeness (QED) is 0.171. The first-order valence-electron chi connectivity index (χ1n) is 13.4. The number of hydrogen-bond donors (Lipinski definition) is 4. The Kier molecular flexibility index (Phi) is 7.39. The van der Waals surface area contributed by atoms with Gasteiger partial charge in [-0.3, -0.25) is 0 Å². The Balaban J connectivity index is 1.21. The van der Waals surface area contributed by atoms with E-state index in [-0.39, 0.29) is 12.6 Å². The number of rotatable bonds is 10. The zero-order chi connectivity index (χ0) is 26.9. The summed E-state index contributed by atoms with van der Waals surface area (Å²) in [5, 5.41) is 43.5. The van der Waals surface area contributed by atoms with Crippen LogP contribution < -0.4 is 10.1 Å². The summed E-state index contributed by atoms with van der Waals surface area (Å²) < 4.78 is 7.50. The molecule has 4 aromatic rings. The number of nitrogens with zero attached hydrogens (tertiary/aromatic N) is 5. The Bertz CT molecular complexity index is 1420. The fourth-order valence-electron chi connectivity index (χ4n) is 5.22. The number of nitrogens with one attached hydrogen (secondary N) is 1. The van der Waals surface area contributed by atoms with Gasteiger partial charge in [-0.2, -0.15) is 0 Å². The molecule has 0 spiro atoms. The first-order chi connectivity index (χ1) is 19.1. The van der Waals surface area contributed by atoms with Crippen LogP contribution in [0.2, 0.25) is 0 Å². The van der Waals surface area contributed by atoms with Crippen molar-refractivity contribution < 1.29 is 20.1 Å². The van der Waals surface area contributed by atoms with Gasteiger partial charge in [0.05, 0.1) is 12.1 Å². The number of aromatic nitrogens is 5. The SMILES string of the molecule is CCCSc1nc(NC2CC2c2ccc(Oc3ccccc3)cc2)c2nnn([C@@H]3C[C@H](CO)[C@@H](O)[C@H]3O)c2n1. The molecule has 6 atom stereocenters. The molecule has 2 aliphatic carbocycles. The molecule has 10 nitrogen and oxygen atoms in total. The largest absolute Gasteiger partial charge is 0.457 e. The van der Waals surface area contributed by atoms with Crippen LogP contribution in [0.3, 0.4) is 0 Å². The van der Waals surface area contributed by atoms with Gasteiger partial charge in [0, 0.05) is 30.2 Å². The minimum absolute atomic E-state index is 0.191. The second-order valence-electron chi connectivity index (χ2n) is 10.2. The molecule has 4 N–H and O–H groups in total. The van der Waals surface area contributed by atoms with Crippen molar-refractivity contribution in [3.8, 4) is 11.5 Å². The number of fused-ring (bicyclic) bond motifs is 1. The summed E-state index contributed by atoms with van der Waals surface area (Å²) in [6.07, 6.45) is 0.237. The highest BCUT2D eigenvalue weighted by molar-refractivity contribution is 7.99. The van der Waals surface area contributed by atoms with E-state index in [1.54, 1.807) is 16.4 Å². The zero-order valence-corrected chi connectivity index (χ0v) is 22.4. The fraction of sp³-hybridized carbons (Fsp3) is 0.429. The van der Waals surface area contributed by atoms with Crippen LogP contribution >= 0.6 is 11.8 Å². The molecule has 2 heterocycles. The van der Waals surface area contributed by atoms with Crippen LogP contribution in [0.4, 0.5) is 5.82 Å². The highest BCUT2D eigenvalue weighted by atomic mass is 32.2. The summed E-state index contributed by atoms with van der Waals surface area (Å²) in [5.74, 6) is 3.00. The molecule has 11 heteroatoms. The highest BCUT2D eigenvalue weighted by Gasteiger charge is 2.44.